The SMILES string of the molecule is O=C(c1cnc2c(c1)ncn2C1CCCC1)N1C[C@@H]2CCC[C@H]1C2. The summed E-state index contributed by atoms with van der Waals surface area (Å²) in [6.45, 7) is 0.929. The number of rotatable bonds is 2. The molecule has 2 bridgehead atoms. The Morgan fingerprint density at radius 3 is 2.71 bits per heavy atom. The molecule has 0 radical (unpaired) electrons. The van der Waals surface area contributed by atoms with Crippen molar-refractivity contribution in [2.45, 2.75) is 63.5 Å². The van der Waals surface area contributed by atoms with E-state index in [4.69, 9.17) is 0 Å². The second kappa shape index (κ2) is 5.57. The van der Waals surface area contributed by atoms with Crippen LogP contribution in [0.2, 0.25) is 0 Å². The van der Waals surface area contributed by atoms with Crippen molar-refractivity contribution in [1.82, 2.24) is 19.4 Å². The van der Waals surface area contributed by atoms with Gasteiger partial charge in [-0.25, -0.2) is 9.97 Å². The first-order valence-electron chi connectivity index (χ1n) is 9.43. The molecule has 0 unspecified atom stereocenters. The fraction of sp³-hybridized carbons (Fsp3) is 0.632. The number of likely N-dealkylation sites (tertiary alicyclic amines) is 1. The molecule has 5 nitrogen and oxygen atoms in total. The maximum atomic E-state index is 12.9. The van der Waals surface area contributed by atoms with Crippen LogP contribution >= 0.6 is 0 Å². The van der Waals surface area contributed by atoms with E-state index in [1.54, 1.807) is 6.20 Å². The van der Waals surface area contributed by atoms with E-state index >= 15 is 0 Å². The van der Waals surface area contributed by atoms with Gasteiger partial charge in [-0.05, 0) is 44.1 Å². The fourth-order valence-electron chi connectivity index (χ4n) is 5.04. The minimum Gasteiger partial charge on any atom is -0.335 e. The molecule has 0 aromatic carbocycles. The maximum Gasteiger partial charge on any atom is 0.255 e. The fourth-order valence-corrected chi connectivity index (χ4v) is 5.04. The first kappa shape index (κ1) is 14.4. The van der Waals surface area contributed by atoms with Gasteiger partial charge in [-0.15, -0.1) is 0 Å². The molecule has 126 valence electrons. The van der Waals surface area contributed by atoms with Crippen LogP contribution in [0, 0.1) is 5.92 Å². The van der Waals surface area contributed by atoms with Gasteiger partial charge in [0.15, 0.2) is 5.65 Å². The Balaban J connectivity index is 1.44. The highest BCUT2D eigenvalue weighted by molar-refractivity contribution is 5.96. The molecular formula is C19H24N4O. The van der Waals surface area contributed by atoms with E-state index in [-0.39, 0.29) is 5.91 Å². The summed E-state index contributed by atoms with van der Waals surface area (Å²) in [5.41, 5.74) is 2.49. The predicted octanol–water partition coefficient (Wildman–Crippen LogP) is 3.56. The van der Waals surface area contributed by atoms with Crippen molar-refractivity contribution in [2.75, 3.05) is 6.54 Å². The number of fused-ring (bicyclic) bond motifs is 3. The third-order valence-corrected chi connectivity index (χ3v) is 6.29. The smallest absolute Gasteiger partial charge is 0.255 e. The van der Waals surface area contributed by atoms with Crippen molar-refractivity contribution in [1.29, 1.82) is 0 Å². The normalized spacial score (nSPS) is 27.2. The van der Waals surface area contributed by atoms with E-state index in [2.05, 4.69) is 19.4 Å². The Labute approximate surface area is 142 Å². The zero-order valence-corrected chi connectivity index (χ0v) is 14.0. The van der Waals surface area contributed by atoms with E-state index in [0.29, 0.717) is 23.6 Å². The van der Waals surface area contributed by atoms with Crippen LogP contribution in [0.15, 0.2) is 18.6 Å². The lowest BCUT2D eigenvalue weighted by atomic mass is 9.90. The molecule has 5 rings (SSSR count). The van der Waals surface area contributed by atoms with Crippen LogP contribution in [-0.4, -0.2) is 37.9 Å². The molecule has 1 amide bonds. The highest BCUT2D eigenvalue weighted by Crippen LogP contribution is 2.36. The van der Waals surface area contributed by atoms with Crippen LogP contribution in [0.3, 0.4) is 0 Å². The second-order valence-corrected chi connectivity index (χ2v) is 7.80. The predicted molar refractivity (Wildman–Crippen MR) is 91.8 cm³/mol. The standard InChI is InChI=1S/C19H24N4O/c24-19(22-11-13-4-3-7-16(22)8-13)14-9-17-18(20-10-14)23(12-21-17)15-5-1-2-6-15/h9-10,12-13,15-16H,1-8,11H2/t13-,16+/m1/s1. The molecule has 2 aromatic heterocycles. The van der Waals surface area contributed by atoms with Crippen LogP contribution in [0.1, 0.15) is 67.8 Å². The van der Waals surface area contributed by atoms with Gasteiger partial charge in [-0.2, -0.15) is 0 Å². The highest BCUT2D eigenvalue weighted by Gasteiger charge is 2.38. The summed E-state index contributed by atoms with van der Waals surface area (Å²) in [6.07, 6.45) is 13.6. The molecule has 3 fully saturated rings. The van der Waals surface area contributed by atoms with Crippen molar-refractivity contribution in [3.63, 3.8) is 0 Å². The Hall–Kier alpha value is -1.91. The molecule has 0 spiro atoms. The van der Waals surface area contributed by atoms with E-state index in [9.17, 15) is 4.79 Å². The number of hydrogen-bond donors (Lipinski definition) is 0. The minimum absolute atomic E-state index is 0.147. The molecule has 2 saturated carbocycles. The summed E-state index contributed by atoms with van der Waals surface area (Å²) in [7, 11) is 0. The number of carbonyl (C=O) groups excluding carboxylic acids is 1. The summed E-state index contributed by atoms with van der Waals surface area (Å²) in [6, 6.07) is 2.92. The van der Waals surface area contributed by atoms with E-state index in [1.165, 1.54) is 44.9 Å². The van der Waals surface area contributed by atoms with Crippen molar-refractivity contribution in [3.8, 4) is 0 Å². The molecule has 2 aliphatic carbocycles. The summed E-state index contributed by atoms with van der Waals surface area (Å²) < 4.78 is 2.21. The number of hydrogen-bond acceptors (Lipinski definition) is 3. The average Bonchev–Trinajstić information content (AvgIpc) is 3.32. The van der Waals surface area contributed by atoms with Gasteiger partial charge in [0.2, 0.25) is 0 Å². The van der Waals surface area contributed by atoms with Gasteiger partial charge in [0.1, 0.15) is 5.52 Å². The van der Waals surface area contributed by atoms with Crippen molar-refractivity contribution in [2.24, 2.45) is 5.92 Å². The maximum absolute atomic E-state index is 12.9. The van der Waals surface area contributed by atoms with Gasteiger partial charge in [-0.1, -0.05) is 19.3 Å². The number of imidazole rings is 1. The van der Waals surface area contributed by atoms with E-state index < -0.39 is 0 Å². The Bertz CT molecular complexity index is 777. The zero-order chi connectivity index (χ0) is 16.1. The minimum atomic E-state index is 0.147. The van der Waals surface area contributed by atoms with Crippen molar-refractivity contribution in [3.05, 3.63) is 24.2 Å². The molecule has 3 aliphatic rings. The largest absolute Gasteiger partial charge is 0.335 e. The first-order valence-corrected chi connectivity index (χ1v) is 9.43. The zero-order valence-electron chi connectivity index (χ0n) is 14.0. The van der Waals surface area contributed by atoms with Gasteiger partial charge in [-0.3, -0.25) is 4.79 Å². The van der Waals surface area contributed by atoms with E-state index in [1.807, 2.05) is 12.4 Å². The number of nitrogens with zero attached hydrogens (tertiary/aromatic N) is 4. The quantitative estimate of drug-likeness (QED) is 0.848. The van der Waals surface area contributed by atoms with Gasteiger partial charge in [0.25, 0.3) is 5.91 Å². The average molecular weight is 324 g/mol. The van der Waals surface area contributed by atoms with Crippen LogP contribution in [0.25, 0.3) is 11.2 Å². The third kappa shape index (κ3) is 2.25. The molecule has 24 heavy (non-hydrogen) atoms. The van der Waals surface area contributed by atoms with Crippen LogP contribution in [0.5, 0.6) is 0 Å². The summed E-state index contributed by atoms with van der Waals surface area (Å²) in [4.78, 5) is 24.2. The third-order valence-electron chi connectivity index (χ3n) is 6.29. The summed E-state index contributed by atoms with van der Waals surface area (Å²) >= 11 is 0. The lowest BCUT2D eigenvalue weighted by Crippen LogP contribution is -2.35. The van der Waals surface area contributed by atoms with E-state index in [0.717, 1.165) is 24.1 Å². The van der Waals surface area contributed by atoms with Crippen LogP contribution < -0.4 is 0 Å². The molecule has 3 heterocycles. The Morgan fingerprint density at radius 2 is 1.88 bits per heavy atom. The van der Waals surface area contributed by atoms with Gasteiger partial charge < -0.3 is 9.47 Å². The molecule has 5 heteroatoms. The Morgan fingerprint density at radius 1 is 1.04 bits per heavy atom. The molecular weight excluding hydrogens is 300 g/mol. The Kier molecular flexibility index (Phi) is 3.35. The van der Waals surface area contributed by atoms with Gasteiger partial charge >= 0.3 is 0 Å². The summed E-state index contributed by atoms with van der Waals surface area (Å²) in [5.74, 6) is 0.861. The first-order chi connectivity index (χ1) is 11.8. The lowest BCUT2D eigenvalue weighted by molar-refractivity contribution is 0.0733. The second-order valence-electron chi connectivity index (χ2n) is 7.80. The van der Waals surface area contributed by atoms with Crippen LogP contribution in [0.4, 0.5) is 0 Å². The van der Waals surface area contributed by atoms with Gasteiger partial charge in [0, 0.05) is 24.8 Å². The molecule has 2 aromatic rings. The van der Waals surface area contributed by atoms with Crippen LogP contribution in [-0.2, 0) is 0 Å². The van der Waals surface area contributed by atoms with Gasteiger partial charge in [0.05, 0.1) is 11.9 Å². The van der Waals surface area contributed by atoms with Crippen molar-refractivity contribution >= 4 is 17.1 Å². The molecule has 0 N–H and O–H groups in total. The molecule has 1 saturated heterocycles. The number of carbonyl (C=O) groups is 1. The highest BCUT2D eigenvalue weighted by atomic mass is 16.2. The monoisotopic (exact) mass is 324 g/mol. The molecule has 2 atom stereocenters. The number of amides is 1. The molecule has 1 aliphatic heterocycles. The number of aromatic nitrogens is 3. The topological polar surface area (TPSA) is 51.0 Å². The van der Waals surface area contributed by atoms with Crippen molar-refractivity contribution < 1.29 is 4.79 Å². The lowest BCUT2D eigenvalue weighted by Gasteiger charge is -2.24. The summed E-state index contributed by atoms with van der Waals surface area (Å²) in [5, 5.41) is 0. The number of pyridine rings is 1.